The van der Waals surface area contributed by atoms with Crippen molar-refractivity contribution in [1.29, 1.82) is 5.26 Å². The molecule has 0 aliphatic heterocycles. The second-order valence-electron chi connectivity index (χ2n) is 8.35. The van der Waals surface area contributed by atoms with Crippen molar-refractivity contribution in [3.8, 4) is 39.4 Å². The predicted molar refractivity (Wildman–Crippen MR) is 127 cm³/mol. The molecule has 4 aromatic rings. The molecule has 0 amide bonds. The summed E-state index contributed by atoms with van der Waals surface area (Å²) in [6, 6.07) is 20.9. The van der Waals surface area contributed by atoms with Gasteiger partial charge in [-0.15, -0.1) is 0 Å². The Morgan fingerprint density at radius 3 is 1.89 bits per heavy atom. The highest BCUT2D eigenvalue weighted by atomic mass is 19.4. The first-order chi connectivity index (χ1) is 16.7. The molecule has 0 atom stereocenters. The number of benzene rings is 4. The minimum Gasteiger partial charge on any atom is -0.289 e. The van der Waals surface area contributed by atoms with E-state index in [1.54, 1.807) is 18.2 Å². The van der Waals surface area contributed by atoms with E-state index in [-0.39, 0.29) is 11.3 Å². The van der Waals surface area contributed by atoms with E-state index in [1.165, 1.54) is 18.2 Å². The Balaban J connectivity index is 1.70. The van der Waals surface area contributed by atoms with Crippen LogP contribution in [-0.4, -0.2) is 5.78 Å². The van der Waals surface area contributed by atoms with Crippen molar-refractivity contribution < 1.29 is 18.0 Å². The molecule has 0 saturated carbocycles. The van der Waals surface area contributed by atoms with Gasteiger partial charge in [-0.05, 0) is 65.1 Å². The zero-order valence-corrected chi connectivity index (χ0v) is 18.4. The number of fused-ring (bicyclic) bond motifs is 3. The van der Waals surface area contributed by atoms with E-state index in [1.807, 2.05) is 31.2 Å². The summed E-state index contributed by atoms with van der Waals surface area (Å²) in [4.78, 5) is 16.8. The Labute approximate surface area is 199 Å². The Morgan fingerprint density at radius 2 is 1.31 bits per heavy atom. The summed E-state index contributed by atoms with van der Waals surface area (Å²) in [5, 5.41) is 9.71. The Kier molecular flexibility index (Phi) is 5.04. The lowest BCUT2D eigenvalue weighted by atomic mass is 9.92. The molecule has 35 heavy (non-hydrogen) atoms. The van der Waals surface area contributed by atoms with Crippen LogP contribution in [0.25, 0.3) is 38.2 Å². The van der Waals surface area contributed by atoms with Crippen LogP contribution < -0.4 is 0 Å². The summed E-state index contributed by atoms with van der Waals surface area (Å²) in [5.74, 6) is -0.286. The van der Waals surface area contributed by atoms with E-state index in [0.717, 1.165) is 23.3 Å². The van der Waals surface area contributed by atoms with Crippen LogP contribution in [0.3, 0.4) is 0 Å². The average Bonchev–Trinajstić information content (AvgIpc) is 3.12. The van der Waals surface area contributed by atoms with Gasteiger partial charge in [0.25, 0.3) is 0 Å². The second kappa shape index (κ2) is 7.97. The largest absolute Gasteiger partial charge is 0.416 e. The minimum absolute atomic E-state index is 0.189. The zero-order chi connectivity index (χ0) is 24.9. The molecule has 1 aliphatic carbocycles. The monoisotopic (exact) mass is 464 g/mol. The van der Waals surface area contributed by atoms with E-state index in [9.17, 15) is 23.2 Å². The molecule has 0 spiro atoms. The molecule has 0 radical (unpaired) electrons. The topological polar surface area (TPSA) is 45.2 Å². The summed E-state index contributed by atoms with van der Waals surface area (Å²) < 4.78 is 39.0. The number of aryl methyl sites for hydroxylation is 1. The van der Waals surface area contributed by atoms with Crippen LogP contribution in [0, 0.1) is 24.8 Å². The molecule has 0 N–H and O–H groups in total. The number of alkyl halides is 3. The van der Waals surface area contributed by atoms with Gasteiger partial charge < -0.3 is 0 Å². The lowest BCUT2D eigenvalue weighted by Gasteiger charge is -2.12. The number of rotatable bonds is 2. The average molecular weight is 464 g/mol. The van der Waals surface area contributed by atoms with Crippen LogP contribution in [-0.2, 0) is 6.18 Å². The molecule has 168 valence electrons. The molecule has 0 heterocycles. The molecular weight excluding hydrogens is 449 g/mol. The van der Waals surface area contributed by atoms with Crippen LogP contribution >= 0.6 is 0 Å². The molecule has 4 aromatic carbocycles. The van der Waals surface area contributed by atoms with Gasteiger partial charge in [-0.1, -0.05) is 48.0 Å². The zero-order valence-electron chi connectivity index (χ0n) is 18.4. The summed E-state index contributed by atoms with van der Waals surface area (Å²) in [6.45, 7) is 9.59. The highest BCUT2D eigenvalue weighted by Gasteiger charge is 2.32. The number of hydrogen-bond acceptors (Lipinski definition) is 2. The van der Waals surface area contributed by atoms with Gasteiger partial charge in [0.15, 0.2) is 11.5 Å². The fourth-order valence-corrected chi connectivity index (χ4v) is 4.38. The standard InChI is InChI=1S/C29H15F3N2O/c1-16-3-5-18(6-4-16)22-13-24-23-12-21(17-7-9-20(10-8-17)29(30,31)32)19(15-33)11-25(23)28(35)26(24)14-27(22)34-2/h3-14H,1H3. The smallest absolute Gasteiger partial charge is 0.289 e. The Hall–Kier alpha value is -4.68. The molecule has 1 aliphatic rings. The number of carbonyl (C=O) groups is 1. The first-order valence-corrected chi connectivity index (χ1v) is 10.6. The fraction of sp³-hybridized carbons (Fsp3) is 0.0690. The summed E-state index contributed by atoms with van der Waals surface area (Å²) in [5.41, 5.74) is 5.14. The van der Waals surface area contributed by atoms with Crippen molar-refractivity contribution in [1.82, 2.24) is 0 Å². The highest BCUT2D eigenvalue weighted by Crippen LogP contribution is 2.45. The quantitative estimate of drug-likeness (QED) is 0.249. The van der Waals surface area contributed by atoms with Gasteiger partial charge in [0.05, 0.1) is 23.8 Å². The van der Waals surface area contributed by atoms with Gasteiger partial charge in [0, 0.05) is 16.7 Å². The van der Waals surface area contributed by atoms with Crippen LogP contribution in [0.15, 0.2) is 72.8 Å². The van der Waals surface area contributed by atoms with Crippen molar-refractivity contribution in [3.63, 3.8) is 0 Å². The number of nitriles is 1. The number of ketones is 1. The first-order valence-electron chi connectivity index (χ1n) is 10.6. The first kappa shape index (κ1) is 22.1. The highest BCUT2D eigenvalue weighted by molar-refractivity contribution is 6.23. The lowest BCUT2D eigenvalue weighted by Crippen LogP contribution is -2.04. The Morgan fingerprint density at radius 1 is 0.771 bits per heavy atom. The molecule has 3 nitrogen and oxygen atoms in total. The van der Waals surface area contributed by atoms with Crippen molar-refractivity contribution >= 4 is 11.5 Å². The third-order valence-electron chi connectivity index (χ3n) is 6.20. The van der Waals surface area contributed by atoms with E-state index < -0.39 is 11.7 Å². The van der Waals surface area contributed by atoms with E-state index in [0.29, 0.717) is 44.6 Å². The fourth-order valence-electron chi connectivity index (χ4n) is 4.38. The van der Waals surface area contributed by atoms with Gasteiger partial charge in [-0.2, -0.15) is 18.4 Å². The van der Waals surface area contributed by atoms with Gasteiger partial charge in [-0.3, -0.25) is 4.79 Å². The van der Waals surface area contributed by atoms with Crippen molar-refractivity contribution in [2.24, 2.45) is 0 Å². The molecule has 0 saturated heterocycles. The third kappa shape index (κ3) is 3.66. The number of halogens is 3. The third-order valence-corrected chi connectivity index (χ3v) is 6.20. The van der Waals surface area contributed by atoms with E-state index in [2.05, 4.69) is 10.9 Å². The number of carbonyl (C=O) groups excluding carboxylic acids is 1. The van der Waals surface area contributed by atoms with Gasteiger partial charge >= 0.3 is 6.18 Å². The van der Waals surface area contributed by atoms with Crippen molar-refractivity contribution in [3.05, 3.63) is 112 Å². The summed E-state index contributed by atoms with van der Waals surface area (Å²) in [6.07, 6.45) is -4.47. The SMILES string of the molecule is [C-]#[N+]c1cc2c(cc1-c1ccc(C)cc1)-c1cc(-c3ccc(C(F)(F)F)cc3)c(C#N)cc1C2=O. The molecule has 5 rings (SSSR count). The maximum Gasteiger partial charge on any atom is 0.416 e. The molecular formula is C29H15F3N2O. The molecule has 0 bridgehead atoms. The van der Waals surface area contributed by atoms with Crippen LogP contribution in [0.2, 0.25) is 0 Å². The van der Waals surface area contributed by atoms with Crippen molar-refractivity contribution in [2.45, 2.75) is 13.1 Å². The molecule has 0 fully saturated rings. The summed E-state index contributed by atoms with van der Waals surface area (Å²) in [7, 11) is 0. The van der Waals surface area contributed by atoms with Crippen LogP contribution in [0.1, 0.15) is 32.6 Å². The van der Waals surface area contributed by atoms with E-state index in [4.69, 9.17) is 6.57 Å². The maximum absolute atomic E-state index is 13.2. The van der Waals surface area contributed by atoms with Crippen molar-refractivity contribution in [2.75, 3.05) is 0 Å². The maximum atomic E-state index is 13.2. The predicted octanol–water partition coefficient (Wildman–Crippen LogP) is 7.98. The van der Waals surface area contributed by atoms with Gasteiger partial charge in [0.1, 0.15) is 0 Å². The molecule has 6 heteroatoms. The molecule has 0 aromatic heterocycles. The van der Waals surface area contributed by atoms with Gasteiger partial charge in [-0.25, -0.2) is 4.85 Å². The minimum atomic E-state index is -4.47. The normalized spacial score (nSPS) is 12.0. The number of hydrogen-bond donors (Lipinski definition) is 0. The van der Waals surface area contributed by atoms with Gasteiger partial charge in [0.2, 0.25) is 0 Å². The lowest BCUT2D eigenvalue weighted by molar-refractivity contribution is -0.137. The van der Waals surface area contributed by atoms with E-state index >= 15 is 0 Å². The van der Waals surface area contributed by atoms with Crippen LogP contribution in [0.4, 0.5) is 18.9 Å². The summed E-state index contributed by atoms with van der Waals surface area (Å²) >= 11 is 0. The molecule has 0 unspecified atom stereocenters. The second-order valence-corrected chi connectivity index (χ2v) is 8.35. The van der Waals surface area contributed by atoms with Crippen LogP contribution in [0.5, 0.6) is 0 Å². The number of nitrogens with zero attached hydrogens (tertiary/aromatic N) is 2. The Bertz CT molecular complexity index is 1600.